The monoisotopic (exact) mass is 224 g/mol. The zero-order chi connectivity index (χ0) is 11.7. The molecule has 1 aliphatic rings. The molecule has 2 N–H and O–H groups in total. The number of fused-ring (bicyclic) bond motifs is 1. The third-order valence-electron chi connectivity index (χ3n) is 2.75. The van der Waals surface area contributed by atoms with E-state index in [-0.39, 0.29) is 6.23 Å². The second-order valence-corrected chi connectivity index (χ2v) is 3.88. The highest BCUT2D eigenvalue weighted by molar-refractivity contribution is 6.01. The minimum atomic E-state index is -0.325. The molecule has 0 spiro atoms. The summed E-state index contributed by atoms with van der Waals surface area (Å²) in [5.41, 5.74) is 7.85. The van der Waals surface area contributed by atoms with Crippen LogP contribution >= 0.6 is 0 Å². The van der Waals surface area contributed by atoms with Gasteiger partial charge in [-0.25, -0.2) is 4.99 Å². The van der Waals surface area contributed by atoms with Crippen LogP contribution in [0.4, 0.5) is 0 Å². The Bertz CT molecular complexity index is 563. The molecule has 0 aliphatic carbocycles. The summed E-state index contributed by atoms with van der Waals surface area (Å²) in [6, 6.07) is 17.5. The van der Waals surface area contributed by atoms with Gasteiger partial charge >= 0.3 is 0 Å². The Balaban J connectivity index is 1.92. The summed E-state index contributed by atoms with van der Waals surface area (Å²) in [7, 11) is 0. The van der Waals surface area contributed by atoms with E-state index < -0.39 is 0 Å². The summed E-state index contributed by atoms with van der Waals surface area (Å²) < 4.78 is 5.80. The Labute approximate surface area is 99.6 Å². The van der Waals surface area contributed by atoms with Crippen LogP contribution in [0.5, 0.6) is 5.75 Å². The molecule has 0 saturated carbocycles. The van der Waals surface area contributed by atoms with Gasteiger partial charge in [0.25, 0.3) is 0 Å². The van der Waals surface area contributed by atoms with Gasteiger partial charge in [-0.05, 0) is 12.1 Å². The maximum Gasteiger partial charge on any atom is 0.218 e. The van der Waals surface area contributed by atoms with Gasteiger partial charge in [0.15, 0.2) is 0 Å². The summed E-state index contributed by atoms with van der Waals surface area (Å²) in [6.45, 7) is 0. The van der Waals surface area contributed by atoms with Crippen molar-refractivity contribution < 1.29 is 4.74 Å². The van der Waals surface area contributed by atoms with Crippen LogP contribution in [0, 0.1) is 0 Å². The lowest BCUT2D eigenvalue weighted by molar-refractivity contribution is 0.220. The molecule has 3 heteroatoms. The predicted molar refractivity (Wildman–Crippen MR) is 67.0 cm³/mol. The van der Waals surface area contributed by atoms with Crippen LogP contribution in [-0.2, 0) is 0 Å². The van der Waals surface area contributed by atoms with E-state index in [0.29, 0.717) is 5.84 Å². The molecule has 17 heavy (non-hydrogen) atoms. The van der Waals surface area contributed by atoms with Crippen molar-refractivity contribution in [3.63, 3.8) is 0 Å². The molecule has 3 rings (SSSR count). The molecule has 0 fully saturated rings. The molecular formula is C14H12N2O. The minimum absolute atomic E-state index is 0.325. The number of hydrogen-bond acceptors (Lipinski definition) is 3. The van der Waals surface area contributed by atoms with Crippen molar-refractivity contribution in [3.05, 3.63) is 65.7 Å². The highest BCUT2D eigenvalue weighted by Crippen LogP contribution is 2.30. The van der Waals surface area contributed by atoms with Gasteiger partial charge in [0.1, 0.15) is 11.6 Å². The average molecular weight is 224 g/mol. The van der Waals surface area contributed by atoms with E-state index in [0.717, 1.165) is 16.9 Å². The molecule has 0 saturated heterocycles. The lowest BCUT2D eigenvalue weighted by Gasteiger charge is -2.12. The molecule has 1 heterocycles. The Morgan fingerprint density at radius 3 is 2.47 bits per heavy atom. The van der Waals surface area contributed by atoms with E-state index in [1.165, 1.54) is 0 Å². The van der Waals surface area contributed by atoms with Gasteiger partial charge in [-0.1, -0.05) is 42.5 Å². The van der Waals surface area contributed by atoms with Crippen molar-refractivity contribution >= 4 is 5.84 Å². The Hall–Kier alpha value is -2.29. The molecule has 1 atom stereocenters. The maximum absolute atomic E-state index is 5.86. The second-order valence-electron chi connectivity index (χ2n) is 3.88. The van der Waals surface area contributed by atoms with Gasteiger partial charge < -0.3 is 10.5 Å². The van der Waals surface area contributed by atoms with E-state index in [1.807, 2.05) is 54.6 Å². The number of hydrogen-bond donors (Lipinski definition) is 1. The van der Waals surface area contributed by atoms with Crippen molar-refractivity contribution in [3.8, 4) is 5.75 Å². The number of benzene rings is 2. The highest BCUT2D eigenvalue weighted by atomic mass is 16.5. The quantitative estimate of drug-likeness (QED) is 0.851. The van der Waals surface area contributed by atoms with Crippen LogP contribution in [-0.4, -0.2) is 5.84 Å². The first-order chi connectivity index (χ1) is 8.34. The fourth-order valence-corrected chi connectivity index (χ4v) is 1.93. The standard InChI is InChI=1S/C14H12N2O/c15-13-11-8-4-5-9-12(11)14(16-13)17-10-6-2-1-3-7-10/h1-9,14H,(H2,15,16). The van der Waals surface area contributed by atoms with E-state index in [9.17, 15) is 0 Å². The molecule has 0 radical (unpaired) electrons. The first kappa shape index (κ1) is 9.90. The third kappa shape index (κ3) is 1.76. The normalized spacial score (nSPS) is 17.4. The molecule has 2 aromatic rings. The van der Waals surface area contributed by atoms with E-state index >= 15 is 0 Å². The average Bonchev–Trinajstić information content (AvgIpc) is 2.69. The topological polar surface area (TPSA) is 47.6 Å². The number of nitrogens with zero attached hydrogens (tertiary/aromatic N) is 1. The van der Waals surface area contributed by atoms with Crippen molar-refractivity contribution in [1.82, 2.24) is 0 Å². The van der Waals surface area contributed by atoms with Crippen LogP contribution in [0.3, 0.4) is 0 Å². The molecular weight excluding hydrogens is 212 g/mol. The van der Waals surface area contributed by atoms with Crippen LogP contribution in [0.2, 0.25) is 0 Å². The molecule has 1 unspecified atom stereocenters. The van der Waals surface area contributed by atoms with Crippen LogP contribution in [0.15, 0.2) is 59.6 Å². The number of amidine groups is 1. The van der Waals surface area contributed by atoms with Crippen molar-refractivity contribution in [2.24, 2.45) is 10.7 Å². The minimum Gasteiger partial charge on any atom is -0.464 e. The van der Waals surface area contributed by atoms with Gasteiger partial charge in [0.2, 0.25) is 6.23 Å². The lowest BCUT2D eigenvalue weighted by atomic mass is 10.1. The summed E-state index contributed by atoms with van der Waals surface area (Å²) >= 11 is 0. The van der Waals surface area contributed by atoms with Crippen molar-refractivity contribution in [2.45, 2.75) is 6.23 Å². The fraction of sp³-hybridized carbons (Fsp3) is 0.0714. The van der Waals surface area contributed by atoms with Crippen molar-refractivity contribution in [1.29, 1.82) is 0 Å². The molecule has 84 valence electrons. The first-order valence-electron chi connectivity index (χ1n) is 5.49. The highest BCUT2D eigenvalue weighted by Gasteiger charge is 2.24. The van der Waals surface area contributed by atoms with Gasteiger partial charge in [-0.3, -0.25) is 0 Å². The van der Waals surface area contributed by atoms with E-state index in [4.69, 9.17) is 10.5 Å². The van der Waals surface area contributed by atoms with Gasteiger partial charge in [-0.15, -0.1) is 0 Å². The molecule has 3 nitrogen and oxygen atoms in total. The first-order valence-corrected chi connectivity index (χ1v) is 5.49. The summed E-state index contributed by atoms with van der Waals surface area (Å²) in [4.78, 5) is 4.32. The SMILES string of the molecule is NC1=NC(Oc2ccccc2)c2ccccc21. The summed E-state index contributed by atoms with van der Waals surface area (Å²) in [5.74, 6) is 1.34. The zero-order valence-corrected chi connectivity index (χ0v) is 9.21. The van der Waals surface area contributed by atoms with E-state index in [1.54, 1.807) is 0 Å². The Kier molecular flexibility index (Phi) is 2.29. The van der Waals surface area contributed by atoms with E-state index in [2.05, 4.69) is 4.99 Å². The van der Waals surface area contributed by atoms with Crippen LogP contribution < -0.4 is 10.5 Å². The molecule has 1 aliphatic heterocycles. The number of ether oxygens (including phenoxy) is 1. The van der Waals surface area contributed by atoms with Gasteiger partial charge in [0.05, 0.1) is 0 Å². The summed E-state index contributed by atoms with van der Waals surface area (Å²) in [6.07, 6.45) is -0.325. The Morgan fingerprint density at radius 2 is 1.65 bits per heavy atom. The fourth-order valence-electron chi connectivity index (χ4n) is 1.93. The maximum atomic E-state index is 5.86. The summed E-state index contributed by atoms with van der Waals surface area (Å²) in [5, 5.41) is 0. The predicted octanol–water partition coefficient (Wildman–Crippen LogP) is 2.48. The second kappa shape index (κ2) is 3.94. The molecule has 0 bridgehead atoms. The smallest absolute Gasteiger partial charge is 0.218 e. The third-order valence-corrected chi connectivity index (χ3v) is 2.75. The van der Waals surface area contributed by atoms with Crippen LogP contribution in [0.1, 0.15) is 17.4 Å². The van der Waals surface area contributed by atoms with Gasteiger partial charge in [0, 0.05) is 11.1 Å². The zero-order valence-electron chi connectivity index (χ0n) is 9.21. The van der Waals surface area contributed by atoms with Gasteiger partial charge in [-0.2, -0.15) is 0 Å². The van der Waals surface area contributed by atoms with Crippen molar-refractivity contribution in [2.75, 3.05) is 0 Å². The largest absolute Gasteiger partial charge is 0.464 e. The number of aliphatic imine (C=N–C) groups is 1. The molecule has 0 amide bonds. The number of nitrogens with two attached hydrogens (primary N) is 1. The van der Waals surface area contributed by atoms with Crippen LogP contribution in [0.25, 0.3) is 0 Å². The lowest BCUT2D eigenvalue weighted by Crippen LogP contribution is -2.09. The molecule has 2 aromatic carbocycles. The number of rotatable bonds is 2. The molecule has 0 aromatic heterocycles. The Morgan fingerprint density at radius 1 is 0.941 bits per heavy atom. The number of para-hydroxylation sites is 1.